The molecular weight excluding hydrogens is 336 g/mol. The fourth-order valence-corrected chi connectivity index (χ4v) is 3.04. The van der Waals surface area contributed by atoms with Gasteiger partial charge in [-0.3, -0.25) is 4.79 Å². The zero-order valence-corrected chi connectivity index (χ0v) is 14.3. The molecule has 21 heavy (non-hydrogen) atoms. The van der Waals surface area contributed by atoms with Crippen molar-refractivity contribution < 1.29 is 14.7 Å². The molecule has 0 saturated carbocycles. The first-order valence-electron chi connectivity index (χ1n) is 6.82. The Hall–Kier alpha value is -1.56. The number of benzene rings is 1. The Morgan fingerprint density at radius 3 is 2.48 bits per heavy atom. The SMILES string of the molecule is CCN(C(=O)Nc1c(C)cc(C)cc1Br)C(C)CC(=O)O. The number of aryl methyl sites for hydroxylation is 2. The van der Waals surface area contributed by atoms with E-state index in [4.69, 9.17) is 5.11 Å². The van der Waals surface area contributed by atoms with Crippen LogP contribution in [-0.4, -0.2) is 34.6 Å². The lowest BCUT2D eigenvalue weighted by atomic mass is 10.1. The fourth-order valence-electron chi connectivity index (χ4n) is 2.27. The third-order valence-corrected chi connectivity index (χ3v) is 3.89. The summed E-state index contributed by atoms with van der Waals surface area (Å²) in [6.07, 6.45) is -0.0741. The van der Waals surface area contributed by atoms with Crippen LogP contribution in [0, 0.1) is 13.8 Å². The molecule has 0 radical (unpaired) electrons. The number of carboxylic acids is 1. The van der Waals surface area contributed by atoms with Gasteiger partial charge in [0.2, 0.25) is 0 Å². The molecule has 0 bridgehead atoms. The second-order valence-corrected chi connectivity index (χ2v) is 5.96. The molecule has 0 aliphatic carbocycles. The van der Waals surface area contributed by atoms with E-state index in [1.807, 2.05) is 32.9 Å². The number of amides is 2. The van der Waals surface area contributed by atoms with Gasteiger partial charge in [-0.1, -0.05) is 6.07 Å². The van der Waals surface area contributed by atoms with Crippen LogP contribution in [0.2, 0.25) is 0 Å². The molecule has 1 rings (SSSR count). The van der Waals surface area contributed by atoms with Gasteiger partial charge in [0.05, 0.1) is 12.1 Å². The van der Waals surface area contributed by atoms with E-state index in [2.05, 4.69) is 21.2 Å². The number of halogens is 1. The zero-order valence-electron chi connectivity index (χ0n) is 12.7. The van der Waals surface area contributed by atoms with Crippen LogP contribution in [0.4, 0.5) is 10.5 Å². The molecule has 1 atom stereocenters. The predicted octanol–water partition coefficient (Wildman–Crippen LogP) is 3.78. The van der Waals surface area contributed by atoms with Crippen molar-refractivity contribution in [2.45, 2.75) is 40.2 Å². The minimum Gasteiger partial charge on any atom is -0.481 e. The van der Waals surface area contributed by atoms with Crippen LogP contribution < -0.4 is 5.32 Å². The molecule has 0 fully saturated rings. The summed E-state index contributed by atoms with van der Waals surface area (Å²) >= 11 is 3.45. The zero-order chi connectivity index (χ0) is 16.2. The van der Waals surface area contributed by atoms with Crippen LogP contribution in [0.5, 0.6) is 0 Å². The highest BCUT2D eigenvalue weighted by atomic mass is 79.9. The van der Waals surface area contributed by atoms with Crippen molar-refractivity contribution in [3.8, 4) is 0 Å². The first kappa shape index (κ1) is 17.5. The van der Waals surface area contributed by atoms with E-state index in [0.29, 0.717) is 12.2 Å². The topological polar surface area (TPSA) is 69.6 Å². The molecule has 0 aliphatic heterocycles. The van der Waals surface area contributed by atoms with Gasteiger partial charge < -0.3 is 15.3 Å². The monoisotopic (exact) mass is 356 g/mol. The third kappa shape index (κ3) is 4.74. The summed E-state index contributed by atoms with van der Waals surface area (Å²) < 4.78 is 0.815. The summed E-state index contributed by atoms with van der Waals surface area (Å²) in [6.45, 7) is 7.91. The average molecular weight is 357 g/mol. The van der Waals surface area contributed by atoms with Crippen molar-refractivity contribution in [3.63, 3.8) is 0 Å². The van der Waals surface area contributed by atoms with Gasteiger partial charge in [-0.25, -0.2) is 4.79 Å². The largest absolute Gasteiger partial charge is 0.481 e. The molecule has 0 spiro atoms. The van der Waals surface area contributed by atoms with Crippen molar-refractivity contribution in [2.24, 2.45) is 0 Å². The predicted molar refractivity (Wildman–Crippen MR) is 86.7 cm³/mol. The van der Waals surface area contributed by atoms with Crippen LogP contribution in [0.25, 0.3) is 0 Å². The first-order valence-corrected chi connectivity index (χ1v) is 7.61. The normalized spacial score (nSPS) is 11.9. The van der Waals surface area contributed by atoms with Crippen LogP contribution in [0.1, 0.15) is 31.4 Å². The quantitative estimate of drug-likeness (QED) is 0.843. The number of carbonyl (C=O) groups is 2. The Kier molecular flexibility index (Phi) is 6.20. The number of nitrogens with one attached hydrogen (secondary N) is 1. The number of hydrogen-bond donors (Lipinski definition) is 2. The van der Waals surface area contributed by atoms with Crippen LogP contribution in [-0.2, 0) is 4.79 Å². The van der Waals surface area contributed by atoms with E-state index in [1.165, 1.54) is 4.90 Å². The van der Waals surface area contributed by atoms with Gasteiger partial charge in [0.15, 0.2) is 0 Å². The molecule has 0 heterocycles. The molecular formula is C15H21BrN2O3. The summed E-state index contributed by atoms with van der Waals surface area (Å²) in [6, 6.07) is 3.26. The maximum absolute atomic E-state index is 12.4. The van der Waals surface area contributed by atoms with Crippen LogP contribution in [0.3, 0.4) is 0 Å². The highest BCUT2D eigenvalue weighted by Gasteiger charge is 2.21. The summed E-state index contributed by atoms with van der Waals surface area (Å²) in [4.78, 5) is 24.7. The second-order valence-electron chi connectivity index (χ2n) is 5.10. The molecule has 1 aromatic rings. The standard InChI is InChI=1S/C15H21BrN2O3/c1-5-18(11(4)8-13(19)20)15(21)17-14-10(3)6-9(2)7-12(14)16/h6-7,11H,5,8H2,1-4H3,(H,17,21)(H,19,20). The maximum Gasteiger partial charge on any atom is 0.322 e. The smallest absolute Gasteiger partial charge is 0.322 e. The number of carboxylic acid groups (broad SMARTS) is 1. The van der Waals surface area contributed by atoms with Crippen molar-refractivity contribution >= 4 is 33.6 Å². The van der Waals surface area contributed by atoms with E-state index in [1.54, 1.807) is 6.92 Å². The number of carbonyl (C=O) groups excluding carboxylic acids is 1. The Bertz CT molecular complexity index is 523. The fraction of sp³-hybridized carbons (Fsp3) is 0.467. The summed E-state index contributed by atoms with van der Waals surface area (Å²) in [5.41, 5.74) is 2.77. The summed E-state index contributed by atoms with van der Waals surface area (Å²) in [7, 11) is 0. The Balaban J connectivity index is 2.91. The molecule has 0 aromatic heterocycles. The van der Waals surface area contributed by atoms with Gasteiger partial charge in [-0.2, -0.15) is 0 Å². The van der Waals surface area contributed by atoms with Gasteiger partial charge in [0.1, 0.15) is 0 Å². The van der Waals surface area contributed by atoms with Crippen molar-refractivity contribution in [1.82, 2.24) is 4.90 Å². The van der Waals surface area contributed by atoms with Gasteiger partial charge >= 0.3 is 12.0 Å². The molecule has 5 nitrogen and oxygen atoms in total. The van der Waals surface area contributed by atoms with E-state index in [9.17, 15) is 9.59 Å². The first-order chi connectivity index (χ1) is 9.76. The second kappa shape index (κ2) is 7.45. The lowest BCUT2D eigenvalue weighted by Crippen LogP contribution is -2.42. The van der Waals surface area contributed by atoms with Gasteiger partial charge in [-0.05, 0) is 60.8 Å². The van der Waals surface area contributed by atoms with Crippen LogP contribution in [0.15, 0.2) is 16.6 Å². The Labute approximate surface area is 133 Å². The lowest BCUT2D eigenvalue weighted by Gasteiger charge is -2.27. The number of anilines is 1. The highest BCUT2D eigenvalue weighted by Crippen LogP contribution is 2.28. The number of aliphatic carboxylic acids is 1. The minimum atomic E-state index is -0.915. The Morgan fingerprint density at radius 2 is 2.00 bits per heavy atom. The van der Waals surface area contributed by atoms with E-state index >= 15 is 0 Å². The average Bonchev–Trinajstić information content (AvgIpc) is 2.33. The van der Waals surface area contributed by atoms with Crippen LogP contribution >= 0.6 is 15.9 Å². The molecule has 1 unspecified atom stereocenters. The summed E-state index contributed by atoms with van der Waals surface area (Å²) in [5, 5.41) is 11.7. The number of hydrogen-bond acceptors (Lipinski definition) is 2. The van der Waals surface area contributed by atoms with Gasteiger partial charge in [0.25, 0.3) is 0 Å². The maximum atomic E-state index is 12.4. The number of rotatable bonds is 5. The molecule has 2 amide bonds. The molecule has 0 saturated heterocycles. The number of urea groups is 1. The molecule has 1 aromatic carbocycles. The van der Waals surface area contributed by atoms with Gasteiger partial charge in [-0.15, -0.1) is 0 Å². The van der Waals surface area contributed by atoms with Crippen molar-refractivity contribution in [1.29, 1.82) is 0 Å². The number of nitrogens with zero attached hydrogens (tertiary/aromatic N) is 1. The van der Waals surface area contributed by atoms with E-state index in [0.717, 1.165) is 15.6 Å². The molecule has 6 heteroatoms. The van der Waals surface area contributed by atoms with E-state index < -0.39 is 5.97 Å². The van der Waals surface area contributed by atoms with E-state index in [-0.39, 0.29) is 18.5 Å². The van der Waals surface area contributed by atoms with Crippen molar-refractivity contribution in [2.75, 3.05) is 11.9 Å². The molecule has 0 aliphatic rings. The van der Waals surface area contributed by atoms with Crippen molar-refractivity contribution in [3.05, 3.63) is 27.7 Å². The minimum absolute atomic E-state index is 0.0741. The highest BCUT2D eigenvalue weighted by molar-refractivity contribution is 9.10. The molecule has 2 N–H and O–H groups in total. The summed E-state index contributed by atoms with van der Waals surface area (Å²) in [5.74, 6) is -0.915. The third-order valence-electron chi connectivity index (χ3n) is 3.27. The Morgan fingerprint density at radius 1 is 1.38 bits per heavy atom. The lowest BCUT2D eigenvalue weighted by molar-refractivity contribution is -0.137. The van der Waals surface area contributed by atoms with Gasteiger partial charge in [0, 0.05) is 17.1 Å². The molecule has 116 valence electrons.